The molecule has 0 bridgehead atoms. The van der Waals surface area contributed by atoms with Crippen LogP contribution in [0.15, 0.2) is 0 Å². The highest BCUT2D eigenvalue weighted by Gasteiger charge is 2.18. The van der Waals surface area contributed by atoms with Crippen LogP contribution in [0.25, 0.3) is 0 Å². The van der Waals surface area contributed by atoms with Crippen LogP contribution in [-0.2, 0) is 28.2 Å². The Morgan fingerprint density at radius 2 is 2.00 bits per heavy atom. The maximum absolute atomic E-state index is 9.93. The average molecular weight is 174 g/mol. The topological polar surface area (TPSA) is 97.7 Å². The van der Waals surface area contributed by atoms with E-state index in [9.17, 15) is 17.4 Å². The molecule has 8 heteroatoms. The summed E-state index contributed by atoms with van der Waals surface area (Å²) in [7, 11) is -7.75. The van der Waals surface area contributed by atoms with Gasteiger partial charge in [0.05, 0.1) is 0 Å². The van der Waals surface area contributed by atoms with Crippen molar-refractivity contribution < 1.29 is 26.2 Å². The summed E-state index contributed by atoms with van der Waals surface area (Å²) in [6.45, 7) is -0.441. The minimum atomic E-state index is -4.59. The molecule has 1 N–H and O–H groups in total. The normalized spacial score (nSPS) is 14.3. The van der Waals surface area contributed by atoms with Crippen LogP contribution in [0.1, 0.15) is 0 Å². The van der Waals surface area contributed by atoms with E-state index >= 15 is 0 Å². The summed E-state index contributed by atoms with van der Waals surface area (Å²) < 4.78 is 40.5. The summed E-state index contributed by atoms with van der Waals surface area (Å²) in [5.74, 6) is 0. The first kappa shape index (κ1) is 8.53. The van der Waals surface area contributed by atoms with Gasteiger partial charge in [0, 0.05) is 0 Å². The van der Waals surface area contributed by atoms with Gasteiger partial charge < -0.3 is 4.18 Å². The molecule has 0 aliphatic rings. The molecule has 0 saturated heterocycles. The molecule has 0 spiro atoms. The van der Waals surface area contributed by atoms with Crippen LogP contribution >= 0.6 is 0 Å². The van der Waals surface area contributed by atoms with Gasteiger partial charge in [0.25, 0.3) is 0 Å². The van der Waals surface area contributed by atoms with E-state index in [2.05, 4.69) is 4.18 Å². The van der Waals surface area contributed by atoms with Crippen molar-refractivity contribution in [3.63, 3.8) is 0 Å². The first-order valence-corrected chi connectivity index (χ1v) is 4.52. The van der Waals surface area contributed by atoms with Gasteiger partial charge in [-0.3, -0.25) is 9.35 Å². The van der Waals surface area contributed by atoms with Gasteiger partial charge in [-0.2, -0.15) is 8.42 Å². The fraction of sp³-hybridized carbons (Fsp3) is 0. The van der Waals surface area contributed by atoms with Crippen molar-refractivity contribution in [1.29, 1.82) is 0 Å². The lowest BCUT2D eigenvalue weighted by molar-refractivity contribution is -0.120. The second kappa shape index (κ2) is 2.90. The Labute approximate surface area is 52.6 Å². The first-order chi connectivity index (χ1) is 4.00. The predicted molar refractivity (Wildman–Crippen MR) is 26.8 cm³/mol. The Morgan fingerprint density at radius 3 is 2.11 bits per heavy atom. The molecule has 54 valence electrons. The van der Waals surface area contributed by atoms with Gasteiger partial charge in [0.2, 0.25) is 0 Å². The van der Waals surface area contributed by atoms with Gasteiger partial charge >= 0.3 is 25.7 Å². The van der Waals surface area contributed by atoms with Crippen molar-refractivity contribution in [1.82, 2.24) is 0 Å². The van der Waals surface area contributed by atoms with Gasteiger partial charge in [-0.25, -0.2) is 4.21 Å². The van der Waals surface area contributed by atoms with E-state index < -0.39 is 25.7 Å². The molecular weight excluding hydrogens is 172 g/mol. The SMILES string of the molecule is O=COS(=O)(=O)S(=O)O. The highest BCUT2D eigenvalue weighted by Crippen LogP contribution is 1.92. The van der Waals surface area contributed by atoms with Crippen LogP contribution in [0.5, 0.6) is 0 Å². The second-order valence-electron chi connectivity index (χ2n) is 0.818. The third-order valence-corrected chi connectivity index (χ3v) is 2.28. The Bertz CT molecular complexity index is 211. The molecule has 6 nitrogen and oxygen atoms in total. The standard InChI is InChI=1S/CH2O6S2/c2-1-7-9(5,6)8(3)4/h1H,(H,3,4). The highest BCUT2D eigenvalue weighted by molar-refractivity contribution is 8.60. The predicted octanol–water partition coefficient (Wildman–Crippen LogP) is -1.37. The molecule has 0 aromatic heterocycles. The lowest BCUT2D eigenvalue weighted by Gasteiger charge is -1.90. The maximum atomic E-state index is 9.93. The highest BCUT2D eigenvalue weighted by atomic mass is 33.2. The summed E-state index contributed by atoms with van der Waals surface area (Å²) in [6.07, 6.45) is 0. The first-order valence-electron chi connectivity index (χ1n) is 1.49. The molecule has 9 heavy (non-hydrogen) atoms. The van der Waals surface area contributed by atoms with Crippen molar-refractivity contribution in [2.45, 2.75) is 0 Å². The fourth-order valence-corrected chi connectivity index (χ4v) is 0.543. The number of rotatable bonds is 3. The van der Waals surface area contributed by atoms with Crippen molar-refractivity contribution in [3.8, 4) is 0 Å². The lowest BCUT2D eigenvalue weighted by atomic mass is 11.7. The molecule has 0 aliphatic carbocycles. The molecule has 0 amide bonds. The summed E-state index contributed by atoms with van der Waals surface area (Å²) in [4.78, 5) is 9.28. The van der Waals surface area contributed by atoms with Crippen molar-refractivity contribution in [3.05, 3.63) is 0 Å². The third-order valence-electron chi connectivity index (χ3n) is 0.332. The number of hydrogen-bond donors (Lipinski definition) is 1. The monoisotopic (exact) mass is 174 g/mol. The molecule has 1 atom stereocenters. The van der Waals surface area contributed by atoms with Crippen LogP contribution < -0.4 is 0 Å². The van der Waals surface area contributed by atoms with Crippen LogP contribution in [0.4, 0.5) is 0 Å². The zero-order valence-electron chi connectivity index (χ0n) is 3.88. The smallest absolute Gasteiger partial charge is 0.338 e. The molecule has 0 heterocycles. The number of carbonyl (C=O) groups excluding carboxylic acids is 1. The van der Waals surface area contributed by atoms with Gasteiger partial charge in [-0.15, -0.1) is 0 Å². The van der Waals surface area contributed by atoms with E-state index in [4.69, 9.17) is 4.55 Å². The minimum absolute atomic E-state index is 0.441. The Hall–Kier alpha value is -0.470. The Morgan fingerprint density at radius 1 is 1.56 bits per heavy atom. The number of hydrogen-bond acceptors (Lipinski definition) is 5. The van der Waals surface area contributed by atoms with E-state index in [0.717, 1.165) is 0 Å². The van der Waals surface area contributed by atoms with E-state index in [0.29, 0.717) is 0 Å². The van der Waals surface area contributed by atoms with E-state index in [1.165, 1.54) is 0 Å². The molecular formula is CH2O6S2. The van der Waals surface area contributed by atoms with Gasteiger partial charge in [-0.05, 0) is 0 Å². The molecule has 0 saturated carbocycles. The quantitative estimate of drug-likeness (QED) is 0.322. The third kappa shape index (κ3) is 2.54. The molecule has 0 fully saturated rings. The van der Waals surface area contributed by atoms with Crippen LogP contribution in [0.2, 0.25) is 0 Å². The minimum Gasteiger partial charge on any atom is -0.338 e. The van der Waals surface area contributed by atoms with Crippen LogP contribution in [-0.4, -0.2) is 23.7 Å². The molecule has 0 aliphatic heterocycles. The van der Waals surface area contributed by atoms with Crippen molar-refractivity contribution in [2.75, 3.05) is 0 Å². The van der Waals surface area contributed by atoms with Gasteiger partial charge in [-0.1, -0.05) is 0 Å². The summed E-state index contributed by atoms with van der Waals surface area (Å²) in [5.41, 5.74) is 0. The fourth-order valence-electron chi connectivity index (χ4n) is 0.0817. The molecule has 1 unspecified atom stereocenters. The molecule has 0 aromatic carbocycles. The lowest BCUT2D eigenvalue weighted by Crippen LogP contribution is -2.09. The second-order valence-corrected chi connectivity index (χ2v) is 4.34. The maximum Gasteiger partial charge on any atom is 0.422 e. The Balaban J connectivity index is 4.41. The number of carbonyl (C=O) groups is 1. The van der Waals surface area contributed by atoms with Crippen molar-refractivity contribution >= 4 is 25.7 Å². The Kier molecular flexibility index (Phi) is 2.74. The van der Waals surface area contributed by atoms with E-state index in [1.807, 2.05) is 0 Å². The van der Waals surface area contributed by atoms with Gasteiger partial charge in [0.15, 0.2) is 0 Å². The largest absolute Gasteiger partial charge is 0.422 e. The van der Waals surface area contributed by atoms with Crippen LogP contribution in [0, 0.1) is 0 Å². The van der Waals surface area contributed by atoms with E-state index in [1.54, 1.807) is 0 Å². The molecule has 0 radical (unpaired) electrons. The zero-order valence-corrected chi connectivity index (χ0v) is 5.52. The average Bonchev–Trinajstić information content (AvgIpc) is 1.65. The van der Waals surface area contributed by atoms with E-state index in [-0.39, 0.29) is 0 Å². The summed E-state index contributed by atoms with van der Waals surface area (Å²) in [6, 6.07) is 0. The zero-order chi connectivity index (χ0) is 7.49. The van der Waals surface area contributed by atoms with Crippen molar-refractivity contribution in [2.24, 2.45) is 0 Å². The summed E-state index contributed by atoms with van der Waals surface area (Å²) >= 11 is 0. The van der Waals surface area contributed by atoms with Gasteiger partial charge in [0.1, 0.15) is 0 Å². The molecule has 0 rings (SSSR count). The van der Waals surface area contributed by atoms with Crippen LogP contribution in [0.3, 0.4) is 0 Å². The molecule has 0 aromatic rings. The summed E-state index contributed by atoms with van der Waals surface area (Å²) in [5, 5.41) is 0.